The lowest BCUT2D eigenvalue weighted by molar-refractivity contribution is -0.189. The van der Waals surface area contributed by atoms with E-state index in [1.807, 2.05) is 36.4 Å². The minimum atomic E-state index is -4.55. The first-order valence-electron chi connectivity index (χ1n) is 10.8. The highest BCUT2D eigenvalue weighted by atomic mass is 28.4. The molecular formula is C24H33F3N2O3Si. The van der Waals surface area contributed by atoms with Crippen molar-refractivity contribution >= 4 is 24.8 Å². The molecule has 0 saturated heterocycles. The van der Waals surface area contributed by atoms with Crippen molar-refractivity contribution in [1.29, 1.82) is 0 Å². The Morgan fingerprint density at radius 2 is 1.48 bits per heavy atom. The number of nitrogens with zero attached hydrogens (tertiary/aromatic N) is 1. The predicted octanol–water partition coefficient (Wildman–Crippen LogP) is 3.91. The van der Waals surface area contributed by atoms with Crippen molar-refractivity contribution in [3.05, 3.63) is 60.7 Å². The van der Waals surface area contributed by atoms with Crippen LogP contribution in [0.25, 0.3) is 0 Å². The first-order chi connectivity index (χ1) is 15.4. The van der Waals surface area contributed by atoms with Gasteiger partial charge in [-0.1, -0.05) is 81.4 Å². The predicted molar refractivity (Wildman–Crippen MR) is 126 cm³/mol. The molecule has 0 saturated carbocycles. The molecule has 0 aromatic heterocycles. The second-order valence-corrected chi connectivity index (χ2v) is 13.3. The van der Waals surface area contributed by atoms with Gasteiger partial charge in [0.25, 0.3) is 8.32 Å². The van der Waals surface area contributed by atoms with E-state index < -0.39 is 33.2 Å². The zero-order valence-corrected chi connectivity index (χ0v) is 20.6. The number of hydrogen-bond acceptors (Lipinski definition) is 4. The fraction of sp³-hybridized carbons (Fsp3) is 0.458. The number of amides is 1. The van der Waals surface area contributed by atoms with Gasteiger partial charge in [0.2, 0.25) is 0 Å². The Morgan fingerprint density at radius 3 is 1.88 bits per heavy atom. The molecule has 182 valence electrons. The molecule has 2 rings (SSSR count). The largest absolute Gasteiger partial charge is 0.448 e. The van der Waals surface area contributed by atoms with E-state index in [4.69, 9.17) is 10.2 Å². The maximum absolute atomic E-state index is 13.4. The molecule has 1 atom stereocenters. The molecule has 5 nitrogen and oxygen atoms in total. The number of nitrogens with two attached hydrogens (primary N) is 1. The minimum Gasteiger partial charge on any atom is -0.448 e. The lowest BCUT2D eigenvalue weighted by Crippen LogP contribution is -2.66. The summed E-state index contributed by atoms with van der Waals surface area (Å²) in [5.74, 6) is 0. The van der Waals surface area contributed by atoms with Crippen molar-refractivity contribution in [3.63, 3.8) is 0 Å². The van der Waals surface area contributed by atoms with E-state index in [2.05, 4.69) is 49.8 Å². The van der Waals surface area contributed by atoms with Gasteiger partial charge in [0, 0.05) is 13.2 Å². The monoisotopic (exact) mass is 482 g/mol. The molecule has 0 heterocycles. The minimum absolute atomic E-state index is 0.116. The number of likely N-dealkylation sites (N-methyl/N-ethyl adjacent to an activating group) is 1. The lowest BCUT2D eigenvalue weighted by Gasteiger charge is -2.43. The Balaban J connectivity index is 2.21. The van der Waals surface area contributed by atoms with Gasteiger partial charge < -0.3 is 14.9 Å². The van der Waals surface area contributed by atoms with Crippen molar-refractivity contribution in [2.75, 3.05) is 26.8 Å². The van der Waals surface area contributed by atoms with E-state index in [0.717, 1.165) is 15.3 Å². The summed E-state index contributed by atoms with van der Waals surface area (Å²) in [6, 6.07) is 18.2. The average Bonchev–Trinajstić information content (AvgIpc) is 2.73. The molecule has 9 heteroatoms. The molecule has 0 aliphatic heterocycles. The molecule has 0 aliphatic carbocycles. The number of benzene rings is 2. The maximum atomic E-state index is 13.4. The number of carbonyl (C=O) groups excluding carboxylic acids is 1. The Bertz CT molecular complexity index is 835. The van der Waals surface area contributed by atoms with Crippen LogP contribution in [0.1, 0.15) is 27.2 Å². The van der Waals surface area contributed by atoms with E-state index in [0.29, 0.717) is 13.0 Å². The molecule has 2 N–H and O–H groups in total. The maximum Gasteiger partial charge on any atom is 0.407 e. The zero-order chi connectivity index (χ0) is 24.7. The number of carbonyl (C=O) groups is 1. The van der Waals surface area contributed by atoms with Crippen molar-refractivity contribution in [3.8, 4) is 0 Å². The van der Waals surface area contributed by atoms with Gasteiger partial charge in [-0.15, -0.1) is 0 Å². The van der Waals surface area contributed by atoms with Gasteiger partial charge >= 0.3 is 12.3 Å². The van der Waals surface area contributed by atoms with Crippen molar-refractivity contribution in [2.45, 2.75) is 44.4 Å². The van der Waals surface area contributed by atoms with Gasteiger partial charge in [0.1, 0.15) is 12.6 Å². The second kappa shape index (κ2) is 11.2. The molecule has 2 aromatic carbocycles. The zero-order valence-electron chi connectivity index (χ0n) is 19.6. The molecule has 0 spiro atoms. The van der Waals surface area contributed by atoms with Crippen LogP contribution in [0.3, 0.4) is 0 Å². The molecule has 0 bridgehead atoms. The van der Waals surface area contributed by atoms with Gasteiger partial charge in [0.05, 0.1) is 0 Å². The standard InChI is InChI=1S/C24H33F3N2O3Si/c1-23(2,3)33(19-12-7-5-8-13-19,20-14-9-6-10-15-20)32-17-11-16-29(4)21(24(25,26)27)18-31-22(28)30/h5-10,12-15,21H,11,16-18H2,1-4H3,(H2,28,30). The third kappa shape index (κ3) is 6.81. The highest BCUT2D eigenvalue weighted by molar-refractivity contribution is 6.99. The van der Waals surface area contributed by atoms with Crippen LogP contribution in [0, 0.1) is 0 Å². The van der Waals surface area contributed by atoms with Gasteiger partial charge in [-0.25, -0.2) is 4.79 Å². The summed E-state index contributed by atoms with van der Waals surface area (Å²) in [7, 11) is -1.39. The van der Waals surface area contributed by atoms with Gasteiger partial charge in [-0.3, -0.25) is 4.90 Å². The van der Waals surface area contributed by atoms with Crippen LogP contribution in [-0.4, -0.2) is 58.3 Å². The van der Waals surface area contributed by atoms with Crippen LogP contribution in [0.2, 0.25) is 5.04 Å². The topological polar surface area (TPSA) is 64.8 Å². The number of ether oxygens (including phenoxy) is 1. The summed E-state index contributed by atoms with van der Waals surface area (Å²) < 4.78 is 51.4. The van der Waals surface area contributed by atoms with E-state index in [9.17, 15) is 18.0 Å². The highest BCUT2D eigenvalue weighted by Crippen LogP contribution is 2.36. The van der Waals surface area contributed by atoms with Crippen LogP contribution >= 0.6 is 0 Å². The Morgan fingerprint density at radius 1 is 1.00 bits per heavy atom. The Labute approximate surface area is 194 Å². The third-order valence-corrected chi connectivity index (χ3v) is 10.7. The van der Waals surface area contributed by atoms with E-state index in [1.165, 1.54) is 7.05 Å². The number of primary amides is 1. The third-order valence-electron chi connectivity index (χ3n) is 5.68. The lowest BCUT2D eigenvalue weighted by atomic mass is 10.2. The second-order valence-electron chi connectivity index (χ2n) is 9.03. The summed E-state index contributed by atoms with van der Waals surface area (Å²) in [6.45, 7) is 6.00. The van der Waals surface area contributed by atoms with Crippen LogP contribution < -0.4 is 16.1 Å². The summed E-state index contributed by atoms with van der Waals surface area (Å²) in [5.41, 5.74) is 4.84. The Hall–Kier alpha value is -2.36. The van der Waals surface area contributed by atoms with Crippen LogP contribution in [0.5, 0.6) is 0 Å². The average molecular weight is 483 g/mol. The van der Waals surface area contributed by atoms with Crippen molar-refractivity contribution < 1.29 is 27.1 Å². The van der Waals surface area contributed by atoms with E-state index in [-0.39, 0.29) is 11.6 Å². The molecule has 1 amide bonds. The van der Waals surface area contributed by atoms with Crippen LogP contribution in [-0.2, 0) is 9.16 Å². The van der Waals surface area contributed by atoms with Crippen LogP contribution in [0.15, 0.2) is 60.7 Å². The van der Waals surface area contributed by atoms with Gasteiger partial charge in [-0.2, -0.15) is 13.2 Å². The summed E-state index contributed by atoms with van der Waals surface area (Å²) in [5, 5.41) is 2.01. The van der Waals surface area contributed by atoms with E-state index >= 15 is 0 Å². The summed E-state index contributed by atoms with van der Waals surface area (Å²) >= 11 is 0. The molecule has 2 aromatic rings. The fourth-order valence-corrected chi connectivity index (χ4v) is 8.70. The molecular weight excluding hydrogens is 449 g/mol. The van der Waals surface area contributed by atoms with Crippen molar-refractivity contribution in [1.82, 2.24) is 4.90 Å². The number of halogens is 3. The summed E-state index contributed by atoms with van der Waals surface area (Å²) in [4.78, 5) is 11.9. The number of alkyl halides is 3. The Kier molecular flexibility index (Phi) is 9.10. The van der Waals surface area contributed by atoms with Gasteiger partial charge in [-0.05, 0) is 28.9 Å². The fourth-order valence-electron chi connectivity index (χ4n) is 4.09. The summed E-state index contributed by atoms with van der Waals surface area (Å²) in [6.07, 6.45) is -5.40. The van der Waals surface area contributed by atoms with Crippen LogP contribution in [0.4, 0.5) is 18.0 Å². The normalized spacial score (nSPS) is 13.7. The van der Waals surface area contributed by atoms with E-state index in [1.54, 1.807) is 0 Å². The smallest absolute Gasteiger partial charge is 0.407 e. The van der Waals surface area contributed by atoms with Gasteiger partial charge in [0.15, 0.2) is 0 Å². The van der Waals surface area contributed by atoms with Crippen molar-refractivity contribution in [2.24, 2.45) is 5.73 Å². The quantitative estimate of drug-likeness (QED) is 0.412. The molecule has 0 aliphatic rings. The molecule has 0 radical (unpaired) electrons. The molecule has 0 fully saturated rings. The first kappa shape index (κ1) is 26.9. The first-order valence-corrected chi connectivity index (χ1v) is 12.7. The SMILES string of the molecule is CN(CCCO[Si](c1ccccc1)(c1ccccc1)C(C)(C)C)C(COC(N)=O)C(F)(F)F. The highest BCUT2D eigenvalue weighted by Gasteiger charge is 2.50. The number of hydrogen-bond donors (Lipinski definition) is 1. The molecule has 1 unspecified atom stereocenters. The molecule has 33 heavy (non-hydrogen) atoms. The number of rotatable bonds is 10.